The number of aryl methyl sites for hydroxylation is 1. The fourth-order valence-electron chi connectivity index (χ4n) is 2.83. The fraction of sp³-hybridized carbons (Fsp3) is 0.105. The smallest absolute Gasteiger partial charge is 0.229 e. The van der Waals surface area contributed by atoms with Crippen LogP contribution in [-0.4, -0.2) is 32.0 Å². The van der Waals surface area contributed by atoms with Crippen molar-refractivity contribution in [3.63, 3.8) is 0 Å². The van der Waals surface area contributed by atoms with Gasteiger partial charge in [-0.2, -0.15) is 0 Å². The first-order chi connectivity index (χ1) is 13.3. The highest BCUT2D eigenvalue weighted by Gasteiger charge is 2.12. The molecule has 4 N–H and O–H groups in total. The van der Waals surface area contributed by atoms with Crippen LogP contribution in [0, 0.1) is 12.3 Å². The second-order valence-electron chi connectivity index (χ2n) is 6.24. The van der Waals surface area contributed by atoms with E-state index in [1.807, 2.05) is 31.2 Å². The van der Waals surface area contributed by atoms with Gasteiger partial charge < -0.3 is 5.32 Å². The van der Waals surface area contributed by atoms with E-state index in [0.717, 1.165) is 17.4 Å². The van der Waals surface area contributed by atoms with Gasteiger partial charge in [0.25, 0.3) is 0 Å². The monoisotopic (exact) mass is 397 g/mol. The summed E-state index contributed by atoms with van der Waals surface area (Å²) >= 11 is 0. The van der Waals surface area contributed by atoms with E-state index < -0.39 is 10.0 Å². The first-order valence-corrected chi connectivity index (χ1v) is 10.2. The summed E-state index contributed by atoms with van der Waals surface area (Å²) in [5.41, 5.74) is 4.16. The second-order valence-corrected chi connectivity index (χ2v) is 7.99. The number of hydrogen-bond donors (Lipinski definition) is 4. The molecule has 1 amide bonds. The molecular weight excluding hydrogens is 378 g/mol. The summed E-state index contributed by atoms with van der Waals surface area (Å²) in [5.74, 6) is -0.209. The van der Waals surface area contributed by atoms with Crippen LogP contribution in [0.1, 0.15) is 5.56 Å². The Balaban J connectivity index is 2.18. The number of benzene rings is 2. The van der Waals surface area contributed by atoms with Crippen molar-refractivity contribution in [3.8, 4) is 11.3 Å². The predicted octanol–water partition coefficient (Wildman–Crippen LogP) is 2.67. The molecule has 3 rings (SSSR count). The molecule has 0 bridgehead atoms. The van der Waals surface area contributed by atoms with Crippen LogP contribution in [0.3, 0.4) is 0 Å². The summed E-state index contributed by atoms with van der Waals surface area (Å²) in [7, 11) is -3.44. The van der Waals surface area contributed by atoms with Crippen LogP contribution in [0.4, 0.5) is 11.4 Å². The number of carbonyl (C=O) groups is 1. The van der Waals surface area contributed by atoms with Crippen LogP contribution in [0.15, 0.2) is 48.5 Å². The molecule has 0 fully saturated rings. The highest BCUT2D eigenvalue weighted by Crippen LogP contribution is 2.31. The Hall–Kier alpha value is -3.46. The molecule has 3 aromatic rings. The molecular formula is C19H19N5O3S. The number of aromatic nitrogens is 1. The Morgan fingerprint density at radius 3 is 2.57 bits per heavy atom. The average Bonchev–Trinajstić information content (AvgIpc) is 2.61. The highest BCUT2D eigenvalue weighted by atomic mass is 32.2. The number of anilines is 2. The number of carbonyl (C=O) groups excluding carboxylic acids is 1. The minimum atomic E-state index is -3.44. The number of hydrogen-bond acceptors (Lipinski definition) is 5. The second kappa shape index (κ2) is 7.65. The van der Waals surface area contributed by atoms with Crippen molar-refractivity contribution in [2.24, 2.45) is 0 Å². The van der Waals surface area contributed by atoms with Crippen LogP contribution < -0.4 is 15.4 Å². The normalized spacial score (nSPS) is 11.1. The first kappa shape index (κ1) is 19.3. The van der Waals surface area contributed by atoms with Gasteiger partial charge in [0.1, 0.15) is 0 Å². The van der Waals surface area contributed by atoms with Gasteiger partial charge in [-0.15, -0.1) is 0 Å². The SMILES string of the molecule is Cc1ccccc1-c1cc(NC(=N)NC=O)c2cc(NS(C)(=O)=O)ccc2n1. The molecule has 0 radical (unpaired) electrons. The molecule has 2 aromatic carbocycles. The topological polar surface area (TPSA) is 124 Å². The van der Waals surface area contributed by atoms with Crippen LogP contribution in [0.25, 0.3) is 22.2 Å². The molecule has 0 spiro atoms. The number of nitrogens with one attached hydrogen (secondary N) is 4. The third-order valence-electron chi connectivity index (χ3n) is 4.00. The van der Waals surface area contributed by atoms with Gasteiger partial charge in [0.05, 0.1) is 23.2 Å². The Bertz CT molecular complexity index is 1180. The third kappa shape index (κ3) is 4.44. The third-order valence-corrected chi connectivity index (χ3v) is 4.60. The van der Waals surface area contributed by atoms with E-state index in [4.69, 9.17) is 5.41 Å². The highest BCUT2D eigenvalue weighted by molar-refractivity contribution is 7.92. The summed E-state index contributed by atoms with van der Waals surface area (Å²) in [6.45, 7) is 1.98. The fourth-order valence-corrected chi connectivity index (χ4v) is 3.39. The molecule has 144 valence electrons. The number of fused-ring (bicyclic) bond motifs is 1. The quantitative estimate of drug-likeness (QED) is 0.299. The van der Waals surface area contributed by atoms with Gasteiger partial charge >= 0.3 is 0 Å². The molecule has 28 heavy (non-hydrogen) atoms. The number of guanidine groups is 1. The summed E-state index contributed by atoms with van der Waals surface area (Å²) in [6.07, 6.45) is 1.47. The minimum absolute atomic E-state index is 0.209. The number of sulfonamides is 1. The Labute approximate surface area is 162 Å². The van der Waals surface area contributed by atoms with E-state index in [9.17, 15) is 13.2 Å². The lowest BCUT2D eigenvalue weighted by molar-refractivity contribution is -0.108. The molecule has 8 nitrogen and oxygen atoms in total. The van der Waals surface area contributed by atoms with Gasteiger partial charge in [-0.05, 0) is 36.8 Å². The van der Waals surface area contributed by atoms with E-state index in [2.05, 4.69) is 20.3 Å². The largest absolute Gasteiger partial charge is 0.325 e. The minimum Gasteiger partial charge on any atom is -0.325 e. The summed E-state index contributed by atoms with van der Waals surface area (Å²) in [4.78, 5) is 15.3. The van der Waals surface area contributed by atoms with Gasteiger partial charge in [-0.1, -0.05) is 24.3 Å². The van der Waals surface area contributed by atoms with Crippen LogP contribution in [-0.2, 0) is 14.8 Å². The van der Waals surface area contributed by atoms with Gasteiger partial charge in [0.2, 0.25) is 16.4 Å². The lowest BCUT2D eigenvalue weighted by atomic mass is 10.0. The van der Waals surface area contributed by atoms with Crippen molar-refractivity contribution in [1.82, 2.24) is 10.3 Å². The van der Waals surface area contributed by atoms with Crippen molar-refractivity contribution >= 4 is 44.7 Å². The zero-order valence-electron chi connectivity index (χ0n) is 15.3. The summed E-state index contributed by atoms with van der Waals surface area (Å²) in [5, 5.41) is 13.5. The molecule has 0 aliphatic rings. The van der Waals surface area contributed by atoms with Crippen LogP contribution in [0.2, 0.25) is 0 Å². The molecule has 1 heterocycles. The maximum absolute atomic E-state index is 11.5. The van der Waals surface area contributed by atoms with Crippen molar-refractivity contribution in [2.75, 3.05) is 16.3 Å². The lowest BCUT2D eigenvalue weighted by Crippen LogP contribution is -2.28. The first-order valence-electron chi connectivity index (χ1n) is 8.31. The van der Waals surface area contributed by atoms with Crippen molar-refractivity contribution in [1.29, 1.82) is 5.41 Å². The average molecular weight is 397 g/mol. The molecule has 1 aromatic heterocycles. The number of pyridine rings is 1. The molecule has 9 heteroatoms. The molecule has 0 saturated carbocycles. The van der Waals surface area contributed by atoms with E-state index in [1.165, 1.54) is 0 Å². The molecule has 0 unspecified atom stereocenters. The molecule has 0 atom stereocenters. The Kier molecular flexibility index (Phi) is 5.27. The Morgan fingerprint density at radius 1 is 1.14 bits per heavy atom. The van der Waals surface area contributed by atoms with Gasteiger partial charge in [-0.25, -0.2) is 13.4 Å². The molecule has 0 aliphatic carbocycles. The van der Waals surface area contributed by atoms with E-state index in [0.29, 0.717) is 34.4 Å². The summed E-state index contributed by atoms with van der Waals surface area (Å²) < 4.78 is 25.5. The molecule has 0 saturated heterocycles. The van der Waals surface area contributed by atoms with E-state index >= 15 is 0 Å². The standard InChI is InChI=1S/C19H19N5O3S/c1-12-5-3-4-6-14(12)17-10-18(23-19(20)21-11-25)15-9-13(24-28(2,26)27)7-8-16(15)22-17/h3-11,24H,1-2H3,(H3,20,21,22,23,25). The van der Waals surface area contributed by atoms with E-state index in [-0.39, 0.29) is 5.96 Å². The van der Waals surface area contributed by atoms with Crippen LogP contribution in [0.5, 0.6) is 0 Å². The zero-order chi connectivity index (χ0) is 20.3. The number of amides is 1. The predicted molar refractivity (Wildman–Crippen MR) is 111 cm³/mol. The van der Waals surface area contributed by atoms with Crippen molar-refractivity contribution in [3.05, 3.63) is 54.1 Å². The zero-order valence-corrected chi connectivity index (χ0v) is 16.1. The van der Waals surface area contributed by atoms with E-state index in [1.54, 1.807) is 24.3 Å². The maximum Gasteiger partial charge on any atom is 0.229 e. The van der Waals surface area contributed by atoms with Gasteiger partial charge in [0.15, 0.2) is 5.96 Å². The molecule has 0 aliphatic heterocycles. The van der Waals surface area contributed by atoms with Crippen molar-refractivity contribution < 1.29 is 13.2 Å². The number of nitrogens with zero attached hydrogens (tertiary/aromatic N) is 1. The Morgan fingerprint density at radius 2 is 1.89 bits per heavy atom. The van der Waals surface area contributed by atoms with Crippen molar-refractivity contribution in [2.45, 2.75) is 6.92 Å². The van der Waals surface area contributed by atoms with Crippen LogP contribution >= 0.6 is 0 Å². The van der Waals surface area contributed by atoms with Gasteiger partial charge in [0, 0.05) is 16.6 Å². The number of rotatable bonds is 5. The summed E-state index contributed by atoms with van der Waals surface area (Å²) in [6, 6.07) is 14.5. The maximum atomic E-state index is 11.5. The lowest BCUT2D eigenvalue weighted by Gasteiger charge is -2.14. The van der Waals surface area contributed by atoms with Gasteiger partial charge in [-0.3, -0.25) is 20.2 Å².